The molecular weight excluding hydrogens is 275 g/mol. The smallest absolute Gasteiger partial charge is 0.375 e. The van der Waals surface area contributed by atoms with Crippen LogP contribution in [-0.2, 0) is 0 Å². The number of anilines is 1. The van der Waals surface area contributed by atoms with E-state index >= 15 is 0 Å². The van der Waals surface area contributed by atoms with Gasteiger partial charge >= 0.3 is 18.0 Å². The highest BCUT2D eigenvalue weighted by Crippen LogP contribution is 2.46. The number of hydrogen-bond donors (Lipinski definition) is 1. The Bertz CT molecular complexity index is 512. The molecule has 0 aliphatic carbocycles. The van der Waals surface area contributed by atoms with E-state index in [1.807, 2.05) is 0 Å². The van der Waals surface area contributed by atoms with Crippen LogP contribution in [0.15, 0.2) is 15.7 Å². The normalized spacial score (nSPS) is 13.9. The van der Waals surface area contributed by atoms with Crippen LogP contribution in [0.1, 0.15) is 0 Å². The fourth-order valence-corrected chi connectivity index (χ4v) is 0.973. The molecule has 3 nitrogen and oxygen atoms in total. The van der Waals surface area contributed by atoms with Crippen LogP contribution in [0, 0.1) is 0 Å². The van der Waals surface area contributed by atoms with Gasteiger partial charge in [0.25, 0.3) is 0 Å². The van der Waals surface area contributed by atoms with Crippen LogP contribution in [-0.4, -0.2) is 24.6 Å². The SMILES string of the molecule is O=c1cc(NCC(F)(F)C(F)(F)C(F)(F)F)c1=O. The van der Waals surface area contributed by atoms with Crippen molar-refractivity contribution in [2.24, 2.45) is 0 Å². The molecule has 0 aromatic heterocycles. The maximum atomic E-state index is 12.7. The Kier molecular flexibility index (Phi) is 3.17. The Morgan fingerprint density at radius 2 is 1.50 bits per heavy atom. The van der Waals surface area contributed by atoms with Gasteiger partial charge in [-0.2, -0.15) is 30.7 Å². The van der Waals surface area contributed by atoms with Crippen molar-refractivity contribution in [2.45, 2.75) is 18.0 Å². The molecule has 0 radical (unpaired) electrons. The van der Waals surface area contributed by atoms with Gasteiger partial charge in [-0.05, 0) is 0 Å². The third kappa shape index (κ3) is 2.18. The van der Waals surface area contributed by atoms with E-state index in [4.69, 9.17) is 0 Å². The van der Waals surface area contributed by atoms with Crippen molar-refractivity contribution in [3.63, 3.8) is 0 Å². The standard InChI is InChI=1S/C8H4F7NO2/c9-6(10,7(11,12)8(13,14)15)2-16-3-1-4(17)5(3)18/h1,16H,2H2. The van der Waals surface area contributed by atoms with Gasteiger partial charge in [-0.3, -0.25) is 9.59 Å². The summed E-state index contributed by atoms with van der Waals surface area (Å²) in [5.41, 5.74) is -3.03. The number of halogens is 7. The monoisotopic (exact) mass is 279 g/mol. The van der Waals surface area contributed by atoms with E-state index in [1.54, 1.807) is 0 Å². The van der Waals surface area contributed by atoms with Crippen molar-refractivity contribution in [2.75, 3.05) is 11.9 Å². The molecule has 0 saturated carbocycles. The Morgan fingerprint density at radius 1 is 1.00 bits per heavy atom. The van der Waals surface area contributed by atoms with Gasteiger partial charge in [0.15, 0.2) is 0 Å². The minimum Gasteiger partial charge on any atom is -0.375 e. The molecule has 0 fully saturated rings. The predicted molar refractivity (Wildman–Crippen MR) is 45.8 cm³/mol. The first kappa shape index (κ1) is 14.5. The fourth-order valence-electron chi connectivity index (χ4n) is 0.973. The summed E-state index contributed by atoms with van der Waals surface area (Å²) in [6.07, 6.45) is -6.42. The average molecular weight is 279 g/mol. The molecule has 0 aliphatic heterocycles. The van der Waals surface area contributed by atoms with E-state index in [0.717, 1.165) is 0 Å². The molecular formula is C8H4F7NO2. The molecule has 10 heteroatoms. The van der Waals surface area contributed by atoms with Gasteiger partial charge in [-0.25, -0.2) is 0 Å². The minimum absolute atomic E-state index is 0.518. The van der Waals surface area contributed by atoms with E-state index in [9.17, 15) is 40.3 Å². The lowest BCUT2D eigenvalue weighted by Crippen LogP contribution is -2.55. The van der Waals surface area contributed by atoms with Crippen molar-refractivity contribution in [3.05, 3.63) is 26.5 Å². The highest BCUT2D eigenvalue weighted by atomic mass is 19.4. The van der Waals surface area contributed by atoms with Crippen molar-refractivity contribution in [3.8, 4) is 0 Å². The lowest BCUT2D eigenvalue weighted by molar-refractivity contribution is -0.350. The summed E-state index contributed by atoms with van der Waals surface area (Å²) in [4.78, 5) is 20.9. The van der Waals surface area contributed by atoms with Gasteiger partial charge in [-0.15, -0.1) is 0 Å². The van der Waals surface area contributed by atoms with Crippen LogP contribution < -0.4 is 16.2 Å². The predicted octanol–water partition coefficient (Wildman–Crippen LogP) is 1.53. The molecule has 18 heavy (non-hydrogen) atoms. The number of nitrogens with one attached hydrogen (secondary N) is 1. The van der Waals surface area contributed by atoms with Gasteiger partial charge in [0.2, 0.25) is 10.9 Å². The van der Waals surface area contributed by atoms with Gasteiger partial charge < -0.3 is 5.32 Å². The molecule has 0 bridgehead atoms. The number of hydrogen-bond acceptors (Lipinski definition) is 3. The zero-order chi connectivity index (χ0) is 14.4. The minimum atomic E-state index is -6.42. The van der Waals surface area contributed by atoms with Crippen LogP contribution >= 0.6 is 0 Å². The summed E-state index contributed by atoms with van der Waals surface area (Å²) in [6.45, 7) is -2.12. The molecule has 0 unspecified atom stereocenters. The van der Waals surface area contributed by atoms with Gasteiger partial charge in [0.1, 0.15) is 0 Å². The molecule has 1 aromatic carbocycles. The molecule has 0 amide bonds. The second kappa shape index (κ2) is 3.95. The van der Waals surface area contributed by atoms with Crippen LogP contribution in [0.3, 0.4) is 0 Å². The first-order valence-electron chi connectivity index (χ1n) is 4.27. The molecule has 0 atom stereocenters. The molecule has 0 heterocycles. The molecule has 0 aliphatic rings. The molecule has 1 N–H and O–H groups in total. The Labute approximate surface area is 93.9 Å². The highest BCUT2D eigenvalue weighted by Gasteiger charge is 2.72. The lowest BCUT2D eigenvalue weighted by Gasteiger charge is -2.28. The lowest BCUT2D eigenvalue weighted by atomic mass is 10.1. The zero-order valence-corrected chi connectivity index (χ0v) is 8.25. The molecule has 1 aromatic rings. The summed E-state index contributed by atoms with van der Waals surface area (Å²) in [6, 6.07) is 0.518. The zero-order valence-electron chi connectivity index (χ0n) is 8.25. The highest BCUT2D eigenvalue weighted by molar-refractivity contribution is 5.47. The largest absolute Gasteiger partial charge is 0.459 e. The topological polar surface area (TPSA) is 46.2 Å². The van der Waals surface area contributed by atoms with E-state index in [2.05, 4.69) is 0 Å². The van der Waals surface area contributed by atoms with E-state index in [0.29, 0.717) is 6.07 Å². The van der Waals surface area contributed by atoms with E-state index in [-0.39, 0.29) is 0 Å². The first-order chi connectivity index (χ1) is 7.90. The first-order valence-corrected chi connectivity index (χ1v) is 4.27. The van der Waals surface area contributed by atoms with Crippen molar-refractivity contribution in [1.82, 2.24) is 0 Å². The average Bonchev–Trinajstić information content (AvgIpc) is 2.21. The summed E-state index contributed by atoms with van der Waals surface area (Å²) >= 11 is 0. The molecule has 0 spiro atoms. The fraction of sp³-hybridized carbons (Fsp3) is 0.500. The maximum Gasteiger partial charge on any atom is 0.459 e. The summed E-state index contributed by atoms with van der Waals surface area (Å²) < 4.78 is 85.2. The van der Waals surface area contributed by atoms with E-state index in [1.165, 1.54) is 5.32 Å². The molecule has 0 saturated heterocycles. The quantitative estimate of drug-likeness (QED) is 0.671. The van der Waals surface area contributed by atoms with Gasteiger partial charge in [0.05, 0.1) is 12.2 Å². The van der Waals surface area contributed by atoms with Crippen molar-refractivity contribution < 1.29 is 30.7 Å². The second-order valence-electron chi connectivity index (χ2n) is 3.38. The van der Waals surface area contributed by atoms with Crippen molar-refractivity contribution in [1.29, 1.82) is 0 Å². The van der Waals surface area contributed by atoms with Gasteiger partial charge in [0, 0.05) is 6.07 Å². The van der Waals surface area contributed by atoms with Gasteiger partial charge in [-0.1, -0.05) is 0 Å². The Balaban J connectivity index is 2.81. The third-order valence-electron chi connectivity index (χ3n) is 2.06. The molecule has 1 rings (SSSR count). The summed E-state index contributed by atoms with van der Waals surface area (Å²) in [5, 5.41) is 1.38. The Hall–Kier alpha value is -1.61. The summed E-state index contributed by atoms with van der Waals surface area (Å²) in [5.74, 6) is -11.7. The number of rotatable bonds is 4. The van der Waals surface area contributed by atoms with Crippen LogP contribution in [0.2, 0.25) is 0 Å². The van der Waals surface area contributed by atoms with Crippen LogP contribution in [0.5, 0.6) is 0 Å². The van der Waals surface area contributed by atoms with Crippen LogP contribution in [0.4, 0.5) is 36.4 Å². The van der Waals surface area contributed by atoms with Crippen LogP contribution in [0.25, 0.3) is 0 Å². The Morgan fingerprint density at radius 3 is 1.83 bits per heavy atom. The molecule has 102 valence electrons. The number of alkyl halides is 7. The summed E-state index contributed by atoms with van der Waals surface area (Å²) in [7, 11) is 0. The van der Waals surface area contributed by atoms with E-state index < -0.39 is 41.1 Å². The second-order valence-corrected chi connectivity index (χ2v) is 3.38. The third-order valence-corrected chi connectivity index (χ3v) is 2.06. The maximum absolute atomic E-state index is 12.7. The van der Waals surface area contributed by atoms with Crippen molar-refractivity contribution >= 4 is 5.69 Å².